The van der Waals surface area contributed by atoms with E-state index in [1.807, 2.05) is 0 Å². The molecular formula is C19H14Cl2FN5O2. The summed E-state index contributed by atoms with van der Waals surface area (Å²) in [5.41, 5.74) is 0.670. The first-order valence-corrected chi connectivity index (χ1v) is 9.31. The molecule has 0 bridgehead atoms. The second-order valence-corrected chi connectivity index (χ2v) is 7.08. The summed E-state index contributed by atoms with van der Waals surface area (Å²) in [4.78, 5) is 25.7. The minimum atomic E-state index is -0.682. The average Bonchev–Trinajstić information content (AvgIpc) is 2.70. The van der Waals surface area contributed by atoms with Crippen LogP contribution in [0.25, 0.3) is 10.9 Å². The lowest BCUT2D eigenvalue weighted by Gasteiger charge is -2.37. The summed E-state index contributed by atoms with van der Waals surface area (Å²) in [6.45, 7) is 4.37. The van der Waals surface area contributed by atoms with Gasteiger partial charge in [0.15, 0.2) is 5.82 Å². The first-order valence-electron chi connectivity index (χ1n) is 8.55. The minimum Gasteiger partial charge on any atom is -0.471 e. The van der Waals surface area contributed by atoms with Crippen LogP contribution in [0.4, 0.5) is 15.9 Å². The normalized spacial score (nSPS) is 13.8. The van der Waals surface area contributed by atoms with Gasteiger partial charge in [0.25, 0.3) is 0 Å². The monoisotopic (exact) mass is 433 g/mol. The Morgan fingerprint density at radius 2 is 2.10 bits per heavy atom. The van der Waals surface area contributed by atoms with Gasteiger partial charge in [-0.1, -0.05) is 29.8 Å². The molecule has 0 radical (unpaired) electrons. The number of carbonyl (C=O) groups excluding carboxylic acids is 1. The van der Waals surface area contributed by atoms with E-state index < -0.39 is 5.82 Å². The van der Waals surface area contributed by atoms with Gasteiger partial charge in [-0.3, -0.25) is 4.79 Å². The van der Waals surface area contributed by atoms with Crippen LogP contribution in [-0.4, -0.2) is 45.0 Å². The zero-order valence-corrected chi connectivity index (χ0v) is 16.4. The molecule has 0 unspecified atom stereocenters. The summed E-state index contributed by atoms with van der Waals surface area (Å²) in [5.74, 6) is -0.116. The molecule has 1 aliphatic rings. The summed E-state index contributed by atoms with van der Waals surface area (Å²) in [6.07, 6.45) is 3.97. The second kappa shape index (κ2) is 7.81. The third-order valence-electron chi connectivity index (χ3n) is 4.41. The van der Waals surface area contributed by atoms with Gasteiger partial charge in [0.1, 0.15) is 18.2 Å². The van der Waals surface area contributed by atoms with Gasteiger partial charge in [0.2, 0.25) is 11.8 Å². The topological polar surface area (TPSA) is 80.2 Å². The number of likely N-dealkylation sites (tertiary alicyclic amines) is 1. The lowest BCUT2D eigenvalue weighted by molar-refractivity contribution is -0.134. The standard InChI is InChI=1S/C19H14Cl2FN5O2/c1-2-16(28)27-7-10(8-27)29-15-5-11-14(6-23-15)24-9-25-19(11)26-13-4-3-12(20)17(21)18(13)22/h2-6,9-10H,1,7-8H2,(H,24,25,26). The molecule has 1 aliphatic heterocycles. The summed E-state index contributed by atoms with van der Waals surface area (Å²) >= 11 is 11.7. The fourth-order valence-electron chi connectivity index (χ4n) is 2.85. The van der Waals surface area contributed by atoms with Gasteiger partial charge < -0.3 is 15.0 Å². The van der Waals surface area contributed by atoms with Crippen LogP contribution < -0.4 is 10.1 Å². The highest BCUT2D eigenvalue weighted by molar-refractivity contribution is 6.42. The summed E-state index contributed by atoms with van der Waals surface area (Å²) in [5, 5.41) is 3.43. The lowest BCUT2D eigenvalue weighted by Crippen LogP contribution is -2.55. The molecule has 0 saturated carbocycles. The Morgan fingerprint density at radius 1 is 1.31 bits per heavy atom. The summed E-state index contributed by atoms with van der Waals surface area (Å²) < 4.78 is 20.2. The van der Waals surface area contributed by atoms with Gasteiger partial charge in [-0.05, 0) is 18.2 Å². The number of nitrogens with zero attached hydrogens (tertiary/aromatic N) is 4. The lowest BCUT2D eigenvalue weighted by atomic mass is 10.1. The maximum absolute atomic E-state index is 14.4. The van der Waals surface area contributed by atoms with Gasteiger partial charge in [0, 0.05) is 11.5 Å². The molecule has 2 aromatic heterocycles. The molecule has 1 amide bonds. The number of fused-ring (bicyclic) bond motifs is 1. The largest absolute Gasteiger partial charge is 0.471 e. The number of rotatable bonds is 5. The molecule has 0 atom stereocenters. The molecule has 3 aromatic rings. The van der Waals surface area contributed by atoms with Crippen LogP contribution in [0.2, 0.25) is 10.0 Å². The fraction of sp³-hybridized carbons (Fsp3) is 0.158. The molecule has 10 heteroatoms. The van der Waals surface area contributed by atoms with Crippen molar-refractivity contribution in [2.75, 3.05) is 18.4 Å². The molecular weight excluding hydrogens is 420 g/mol. The van der Waals surface area contributed by atoms with Crippen molar-refractivity contribution in [1.29, 1.82) is 0 Å². The van der Waals surface area contributed by atoms with E-state index in [0.29, 0.717) is 35.7 Å². The van der Waals surface area contributed by atoms with E-state index in [0.717, 1.165) is 0 Å². The number of pyridine rings is 1. The van der Waals surface area contributed by atoms with E-state index >= 15 is 0 Å². The maximum Gasteiger partial charge on any atom is 0.246 e. The Labute approximate surface area is 175 Å². The van der Waals surface area contributed by atoms with E-state index in [-0.39, 0.29) is 27.7 Å². The van der Waals surface area contributed by atoms with E-state index in [1.165, 1.54) is 30.7 Å². The number of aromatic nitrogens is 3. The van der Waals surface area contributed by atoms with E-state index in [4.69, 9.17) is 27.9 Å². The van der Waals surface area contributed by atoms with Crippen molar-refractivity contribution >= 4 is 51.5 Å². The van der Waals surface area contributed by atoms with Crippen LogP contribution in [0.5, 0.6) is 5.88 Å². The van der Waals surface area contributed by atoms with E-state index in [1.54, 1.807) is 11.0 Å². The van der Waals surface area contributed by atoms with Gasteiger partial charge in [-0.25, -0.2) is 19.3 Å². The SMILES string of the molecule is C=CC(=O)N1CC(Oc2cc3c(Nc4ccc(Cl)c(Cl)c4F)ncnc3cn2)C1. The third-order valence-corrected chi connectivity index (χ3v) is 5.19. The second-order valence-electron chi connectivity index (χ2n) is 6.30. The number of nitrogens with one attached hydrogen (secondary N) is 1. The predicted molar refractivity (Wildman–Crippen MR) is 108 cm³/mol. The van der Waals surface area contributed by atoms with Crippen LogP contribution in [0.3, 0.4) is 0 Å². The number of amides is 1. The number of carbonyl (C=O) groups is 1. The molecule has 3 heterocycles. The number of ether oxygens (including phenoxy) is 1. The molecule has 4 rings (SSSR count). The van der Waals surface area contributed by atoms with Crippen molar-refractivity contribution in [2.45, 2.75) is 6.10 Å². The smallest absolute Gasteiger partial charge is 0.246 e. The zero-order chi connectivity index (χ0) is 20.5. The van der Waals surface area contributed by atoms with Crippen LogP contribution in [0, 0.1) is 5.82 Å². The van der Waals surface area contributed by atoms with E-state index in [9.17, 15) is 9.18 Å². The number of hydrogen-bond acceptors (Lipinski definition) is 6. The number of benzene rings is 1. The van der Waals surface area contributed by atoms with Gasteiger partial charge in [-0.15, -0.1) is 0 Å². The van der Waals surface area contributed by atoms with E-state index in [2.05, 4.69) is 26.8 Å². The highest BCUT2D eigenvalue weighted by Gasteiger charge is 2.31. The summed E-state index contributed by atoms with van der Waals surface area (Å²) in [6, 6.07) is 4.61. The highest BCUT2D eigenvalue weighted by atomic mass is 35.5. The first kappa shape index (κ1) is 19.4. The molecule has 1 N–H and O–H groups in total. The van der Waals surface area contributed by atoms with Crippen molar-refractivity contribution in [3.63, 3.8) is 0 Å². The summed E-state index contributed by atoms with van der Waals surface area (Å²) in [7, 11) is 0. The maximum atomic E-state index is 14.4. The minimum absolute atomic E-state index is 0.117. The molecule has 1 fully saturated rings. The third kappa shape index (κ3) is 3.81. The Kier molecular flexibility index (Phi) is 5.21. The molecule has 29 heavy (non-hydrogen) atoms. The van der Waals surface area contributed by atoms with Crippen molar-refractivity contribution in [1.82, 2.24) is 19.9 Å². The first-order chi connectivity index (χ1) is 14.0. The Bertz CT molecular complexity index is 1120. The van der Waals surface area contributed by atoms with Crippen LogP contribution in [0.1, 0.15) is 0 Å². The highest BCUT2D eigenvalue weighted by Crippen LogP contribution is 2.33. The average molecular weight is 434 g/mol. The molecule has 1 aromatic carbocycles. The van der Waals surface area contributed by atoms with Crippen molar-refractivity contribution in [2.24, 2.45) is 0 Å². The number of halogens is 3. The number of hydrogen-bond donors (Lipinski definition) is 1. The molecule has 7 nitrogen and oxygen atoms in total. The predicted octanol–water partition coefficient (Wildman–Crippen LogP) is 3.99. The quantitative estimate of drug-likeness (QED) is 0.483. The Balaban J connectivity index is 1.58. The van der Waals surface area contributed by atoms with Gasteiger partial charge in [0.05, 0.1) is 40.5 Å². The van der Waals surface area contributed by atoms with Crippen LogP contribution in [-0.2, 0) is 4.79 Å². The van der Waals surface area contributed by atoms with Crippen molar-refractivity contribution < 1.29 is 13.9 Å². The van der Waals surface area contributed by atoms with Crippen LogP contribution >= 0.6 is 23.2 Å². The van der Waals surface area contributed by atoms with Crippen molar-refractivity contribution in [3.05, 3.63) is 59.2 Å². The molecule has 148 valence electrons. The Hall–Kier alpha value is -2.97. The molecule has 0 spiro atoms. The fourth-order valence-corrected chi connectivity index (χ4v) is 3.16. The zero-order valence-electron chi connectivity index (χ0n) is 14.9. The van der Waals surface area contributed by atoms with Gasteiger partial charge >= 0.3 is 0 Å². The van der Waals surface area contributed by atoms with Crippen LogP contribution in [0.15, 0.2) is 43.4 Å². The molecule has 1 saturated heterocycles. The Morgan fingerprint density at radius 3 is 2.86 bits per heavy atom. The van der Waals surface area contributed by atoms with Crippen molar-refractivity contribution in [3.8, 4) is 5.88 Å². The number of anilines is 2. The van der Waals surface area contributed by atoms with Gasteiger partial charge in [-0.2, -0.15) is 0 Å². The molecule has 0 aliphatic carbocycles.